The Morgan fingerprint density at radius 2 is 1.61 bits per heavy atom. The van der Waals surface area contributed by atoms with Crippen LogP contribution in [0.3, 0.4) is 0 Å². The molecule has 4 heterocycles. The van der Waals surface area contributed by atoms with Crippen molar-refractivity contribution in [2.24, 2.45) is 0 Å². The second kappa shape index (κ2) is 11.1. The van der Waals surface area contributed by atoms with Crippen LogP contribution in [0.4, 0.5) is 5.95 Å². The topological polar surface area (TPSA) is 148 Å². The number of pyridine rings is 1. The molecule has 4 aromatic heterocycles. The van der Waals surface area contributed by atoms with Crippen molar-refractivity contribution in [2.75, 3.05) is 26.1 Å². The number of benzene rings is 1. The molecule has 2 unspecified atom stereocenters. The van der Waals surface area contributed by atoms with Gasteiger partial charge in [0.05, 0.1) is 19.9 Å². The average Bonchev–Trinajstić information content (AvgIpc) is 3.52. The molecule has 0 aliphatic heterocycles. The predicted molar refractivity (Wildman–Crippen MR) is 152 cm³/mol. The summed E-state index contributed by atoms with van der Waals surface area (Å²) in [5, 5.41) is 7.60. The molecular formula is C27H30N8O5S. The summed E-state index contributed by atoms with van der Waals surface area (Å²) in [6.07, 6.45) is 4.11. The summed E-state index contributed by atoms with van der Waals surface area (Å²) in [5.74, 6) is 1.30. The number of aromatic nitrogens is 7. The van der Waals surface area contributed by atoms with E-state index in [0.29, 0.717) is 40.0 Å². The number of imidazole rings is 1. The average molecular weight is 579 g/mol. The Balaban J connectivity index is 1.68. The zero-order valence-electron chi connectivity index (χ0n) is 23.4. The first-order valence-electron chi connectivity index (χ1n) is 12.6. The zero-order chi connectivity index (χ0) is 29.3. The lowest BCUT2D eigenvalue weighted by Gasteiger charge is -2.23. The smallest absolute Gasteiger partial charge is 0.243 e. The van der Waals surface area contributed by atoms with Gasteiger partial charge in [-0.15, -0.1) is 10.2 Å². The van der Waals surface area contributed by atoms with Crippen LogP contribution in [-0.4, -0.2) is 69.1 Å². The lowest BCUT2D eigenvalue weighted by atomic mass is 10.2. The normalized spacial score (nSPS) is 13.2. The van der Waals surface area contributed by atoms with E-state index in [0.717, 1.165) is 5.56 Å². The molecule has 0 fully saturated rings. The van der Waals surface area contributed by atoms with Gasteiger partial charge < -0.3 is 14.2 Å². The number of aryl methyl sites for hydroxylation is 2. The molecule has 41 heavy (non-hydrogen) atoms. The minimum Gasteiger partial charge on any atom is -0.494 e. The first kappa shape index (κ1) is 28.0. The molecule has 0 aliphatic carbocycles. The van der Waals surface area contributed by atoms with Crippen LogP contribution >= 0.6 is 0 Å². The van der Waals surface area contributed by atoms with Crippen LogP contribution in [0.5, 0.6) is 11.5 Å². The maximum atomic E-state index is 13.8. The van der Waals surface area contributed by atoms with Crippen molar-refractivity contribution >= 4 is 21.6 Å². The summed E-state index contributed by atoms with van der Waals surface area (Å²) < 4.78 is 50.5. The number of nitrogens with one attached hydrogen (secondary N) is 1. The Morgan fingerprint density at radius 3 is 2.24 bits per heavy atom. The third kappa shape index (κ3) is 5.07. The summed E-state index contributed by atoms with van der Waals surface area (Å²) in [4.78, 5) is 13.2. The quantitative estimate of drug-likeness (QED) is 0.261. The van der Waals surface area contributed by atoms with Gasteiger partial charge >= 0.3 is 0 Å². The molecule has 0 aliphatic rings. The van der Waals surface area contributed by atoms with E-state index in [1.54, 1.807) is 35.2 Å². The Morgan fingerprint density at radius 1 is 0.927 bits per heavy atom. The van der Waals surface area contributed by atoms with Crippen molar-refractivity contribution in [1.29, 1.82) is 0 Å². The van der Waals surface area contributed by atoms with Gasteiger partial charge in [0.15, 0.2) is 11.6 Å². The second-order valence-corrected chi connectivity index (χ2v) is 11.3. The molecule has 1 aromatic carbocycles. The second-order valence-electron chi connectivity index (χ2n) is 9.30. The van der Waals surface area contributed by atoms with Crippen molar-refractivity contribution < 1.29 is 22.6 Å². The molecule has 0 saturated carbocycles. The highest BCUT2D eigenvalue weighted by atomic mass is 32.2. The molecular weight excluding hydrogens is 548 g/mol. The van der Waals surface area contributed by atoms with Crippen molar-refractivity contribution in [2.45, 2.75) is 32.1 Å². The highest BCUT2D eigenvalue weighted by Gasteiger charge is 2.35. The number of hydrogen-bond acceptors (Lipinski definition) is 10. The van der Waals surface area contributed by atoms with E-state index in [-0.39, 0.29) is 11.8 Å². The molecule has 13 nitrogen and oxygen atoms in total. The third-order valence-corrected chi connectivity index (χ3v) is 8.36. The number of hydrogen-bond donors (Lipinski definition) is 1. The molecule has 5 rings (SSSR count). The number of anilines is 1. The minimum atomic E-state index is -4.14. The molecule has 0 saturated heterocycles. The van der Waals surface area contributed by atoms with Crippen LogP contribution in [0.25, 0.3) is 22.9 Å². The summed E-state index contributed by atoms with van der Waals surface area (Å²) in [6, 6.07) is 10.8. The van der Waals surface area contributed by atoms with Crippen LogP contribution < -0.4 is 14.2 Å². The van der Waals surface area contributed by atoms with Crippen LogP contribution in [0.15, 0.2) is 55.0 Å². The van der Waals surface area contributed by atoms with Crippen LogP contribution in [-0.2, 0) is 14.8 Å². The van der Waals surface area contributed by atoms with Gasteiger partial charge in [-0.2, -0.15) is 0 Å². The maximum absolute atomic E-state index is 13.8. The van der Waals surface area contributed by atoms with E-state index in [4.69, 9.17) is 14.2 Å². The van der Waals surface area contributed by atoms with Gasteiger partial charge in [0, 0.05) is 25.7 Å². The van der Waals surface area contributed by atoms with Crippen LogP contribution in [0.1, 0.15) is 30.1 Å². The van der Waals surface area contributed by atoms with Crippen molar-refractivity contribution in [3.8, 4) is 28.7 Å². The van der Waals surface area contributed by atoms with Gasteiger partial charge in [-0.25, -0.2) is 23.4 Å². The number of nitrogens with zero attached hydrogens (tertiary/aromatic N) is 7. The molecule has 0 radical (unpaired) electrons. The monoisotopic (exact) mass is 578 g/mol. The lowest BCUT2D eigenvalue weighted by Crippen LogP contribution is -2.33. The third-order valence-electron chi connectivity index (χ3n) is 6.66. The van der Waals surface area contributed by atoms with E-state index in [1.165, 1.54) is 28.3 Å². The highest BCUT2D eigenvalue weighted by molar-refractivity contribution is 7.93. The lowest BCUT2D eigenvalue weighted by molar-refractivity contribution is 0.0949. The van der Waals surface area contributed by atoms with Gasteiger partial charge in [-0.05, 0) is 50.6 Å². The minimum absolute atomic E-state index is 0.0837. The fourth-order valence-electron chi connectivity index (χ4n) is 4.59. The Hall–Kier alpha value is -4.56. The van der Waals surface area contributed by atoms with Crippen LogP contribution in [0, 0.1) is 13.8 Å². The van der Waals surface area contributed by atoms with Crippen molar-refractivity contribution in [3.05, 3.63) is 72.1 Å². The van der Waals surface area contributed by atoms with Gasteiger partial charge in [0.25, 0.3) is 0 Å². The number of para-hydroxylation sites is 1. The van der Waals surface area contributed by atoms with E-state index in [9.17, 15) is 8.42 Å². The van der Waals surface area contributed by atoms with E-state index >= 15 is 0 Å². The van der Waals surface area contributed by atoms with E-state index in [1.807, 2.05) is 42.6 Å². The molecule has 2 atom stereocenters. The summed E-state index contributed by atoms with van der Waals surface area (Å²) in [5.41, 5.74) is 3.21. The van der Waals surface area contributed by atoms with Crippen molar-refractivity contribution in [1.82, 2.24) is 34.1 Å². The summed E-state index contributed by atoms with van der Waals surface area (Å²) in [7, 11) is 0.292. The Labute approximate surface area is 237 Å². The molecule has 0 bridgehead atoms. The SMILES string of the molecule is COc1cccc(OC)c1-n1c(NS(=O)(=O)C(C)C(OC)c2ncc(C)cn2)nnc1-c1c(C)nc2ccccn12. The first-order chi connectivity index (χ1) is 19.7. The number of methoxy groups -OCH3 is 3. The van der Waals surface area contributed by atoms with E-state index in [2.05, 4.69) is 29.9 Å². The fourth-order valence-corrected chi connectivity index (χ4v) is 5.72. The number of rotatable bonds is 10. The molecule has 14 heteroatoms. The number of sulfonamides is 1. The summed E-state index contributed by atoms with van der Waals surface area (Å²) >= 11 is 0. The number of fused-ring (bicyclic) bond motifs is 1. The molecule has 1 N–H and O–H groups in total. The number of ether oxygens (including phenoxy) is 3. The zero-order valence-corrected chi connectivity index (χ0v) is 24.2. The maximum Gasteiger partial charge on any atom is 0.243 e. The Bertz CT molecular complexity index is 1780. The van der Waals surface area contributed by atoms with Gasteiger partial charge in [-0.1, -0.05) is 12.1 Å². The van der Waals surface area contributed by atoms with E-state index < -0.39 is 21.4 Å². The Kier molecular flexibility index (Phi) is 7.60. The molecule has 0 amide bonds. The molecule has 5 aromatic rings. The standard InChI is InChI=1S/C27H30N8O5S/c1-16-14-28-25(29-15-16)24(40-6)18(3)41(36,37)33-27-32-31-26(22-17(2)30-21-12-7-8-13-34(21)22)35(27)23-19(38-4)10-9-11-20(23)39-5/h7-15,18,24H,1-6H3,(H,32,33). The van der Waals surface area contributed by atoms with Gasteiger partial charge in [-0.3, -0.25) is 13.7 Å². The molecule has 214 valence electrons. The molecule has 0 spiro atoms. The van der Waals surface area contributed by atoms with Gasteiger partial charge in [0.1, 0.15) is 39.9 Å². The largest absolute Gasteiger partial charge is 0.494 e. The predicted octanol–water partition coefficient (Wildman–Crippen LogP) is 3.52. The fraction of sp³-hybridized carbons (Fsp3) is 0.296. The highest BCUT2D eigenvalue weighted by Crippen LogP contribution is 2.39. The van der Waals surface area contributed by atoms with Crippen molar-refractivity contribution in [3.63, 3.8) is 0 Å². The van der Waals surface area contributed by atoms with Gasteiger partial charge in [0.2, 0.25) is 16.0 Å². The summed E-state index contributed by atoms with van der Waals surface area (Å²) in [6.45, 7) is 5.20. The van der Waals surface area contributed by atoms with Crippen LogP contribution in [0.2, 0.25) is 0 Å². The first-order valence-corrected chi connectivity index (χ1v) is 14.2.